The van der Waals surface area contributed by atoms with Crippen LogP contribution >= 0.6 is 0 Å². The fraction of sp³-hybridized carbons (Fsp3) is 0.0556. The van der Waals surface area contributed by atoms with E-state index in [1.54, 1.807) is 18.3 Å². The van der Waals surface area contributed by atoms with E-state index < -0.39 is 11.8 Å². The molecule has 0 bridgehead atoms. The molecule has 0 saturated heterocycles. The Morgan fingerprint density at radius 1 is 0.913 bits per heavy atom. The summed E-state index contributed by atoms with van der Waals surface area (Å²) in [6.07, 6.45) is 1.58. The number of benzene rings is 2. The van der Waals surface area contributed by atoms with Gasteiger partial charge in [0, 0.05) is 17.3 Å². The van der Waals surface area contributed by atoms with Crippen LogP contribution in [0.25, 0.3) is 10.8 Å². The minimum Gasteiger partial charge on any atom is -0.317 e. The zero-order valence-electron chi connectivity index (χ0n) is 12.5. The lowest BCUT2D eigenvalue weighted by Gasteiger charge is -2.09. The van der Waals surface area contributed by atoms with Gasteiger partial charge in [0.05, 0.1) is 0 Å². The number of nitrogens with zero attached hydrogens (tertiary/aromatic N) is 1. The Kier molecular flexibility index (Phi) is 4.01. The maximum Gasteiger partial charge on any atom is 0.315 e. The third kappa shape index (κ3) is 3.35. The first kappa shape index (κ1) is 14.7. The molecule has 0 aliphatic carbocycles. The van der Waals surface area contributed by atoms with Crippen LogP contribution < -0.4 is 10.6 Å². The maximum absolute atomic E-state index is 12.1. The molecule has 2 amide bonds. The molecule has 2 aromatic carbocycles. The number of hydrogen-bond donors (Lipinski definition) is 2. The standard InChI is InChI=1S/C18H15N3O2/c1-12-9-10-19-16(11-12)21-18(23)17(22)20-15-8-4-6-13-5-2-3-7-14(13)15/h2-11H,1H3,(H,20,22)(H,19,21,23). The van der Waals surface area contributed by atoms with E-state index in [0.717, 1.165) is 16.3 Å². The van der Waals surface area contributed by atoms with Crippen LogP contribution in [0.15, 0.2) is 60.8 Å². The van der Waals surface area contributed by atoms with Crippen LogP contribution in [-0.4, -0.2) is 16.8 Å². The second kappa shape index (κ2) is 6.27. The highest BCUT2D eigenvalue weighted by molar-refractivity contribution is 6.44. The number of fused-ring (bicyclic) bond motifs is 1. The van der Waals surface area contributed by atoms with Gasteiger partial charge in [-0.2, -0.15) is 0 Å². The van der Waals surface area contributed by atoms with Gasteiger partial charge in [-0.05, 0) is 36.1 Å². The molecule has 0 atom stereocenters. The summed E-state index contributed by atoms with van der Waals surface area (Å²) < 4.78 is 0. The summed E-state index contributed by atoms with van der Waals surface area (Å²) in [5.41, 5.74) is 1.55. The summed E-state index contributed by atoms with van der Waals surface area (Å²) in [5, 5.41) is 7.00. The molecule has 0 saturated carbocycles. The molecular formula is C18H15N3O2. The monoisotopic (exact) mass is 305 g/mol. The number of carbonyl (C=O) groups is 2. The summed E-state index contributed by atoms with van der Waals surface area (Å²) >= 11 is 0. The van der Waals surface area contributed by atoms with Crippen molar-refractivity contribution in [2.75, 3.05) is 10.6 Å². The van der Waals surface area contributed by atoms with Crippen molar-refractivity contribution in [1.82, 2.24) is 4.98 Å². The van der Waals surface area contributed by atoms with Gasteiger partial charge in [0.2, 0.25) is 0 Å². The van der Waals surface area contributed by atoms with Crippen molar-refractivity contribution in [2.24, 2.45) is 0 Å². The normalized spacial score (nSPS) is 10.3. The molecule has 1 heterocycles. The number of aromatic nitrogens is 1. The molecule has 0 spiro atoms. The lowest BCUT2D eigenvalue weighted by Crippen LogP contribution is -2.29. The predicted octanol–water partition coefficient (Wildman–Crippen LogP) is 3.12. The van der Waals surface area contributed by atoms with Crippen LogP contribution in [0.4, 0.5) is 11.5 Å². The van der Waals surface area contributed by atoms with Crippen LogP contribution in [0.5, 0.6) is 0 Å². The minimum absolute atomic E-state index is 0.350. The van der Waals surface area contributed by atoms with Crippen molar-refractivity contribution in [3.8, 4) is 0 Å². The molecule has 23 heavy (non-hydrogen) atoms. The second-order valence-corrected chi connectivity index (χ2v) is 5.15. The van der Waals surface area contributed by atoms with Crippen molar-refractivity contribution in [2.45, 2.75) is 6.92 Å². The van der Waals surface area contributed by atoms with E-state index >= 15 is 0 Å². The van der Waals surface area contributed by atoms with Gasteiger partial charge in [0.15, 0.2) is 0 Å². The van der Waals surface area contributed by atoms with E-state index in [-0.39, 0.29) is 0 Å². The van der Waals surface area contributed by atoms with Crippen LogP contribution in [0, 0.1) is 6.92 Å². The average Bonchev–Trinajstić information content (AvgIpc) is 2.55. The second-order valence-electron chi connectivity index (χ2n) is 5.15. The fourth-order valence-corrected chi connectivity index (χ4v) is 2.29. The first-order chi connectivity index (χ1) is 11.1. The quantitative estimate of drug-likeness (QED) is 0.715. The van der Waals surface area contributed by atoms with Crippen molar-refractivity contribution in [3.05, 3.63) is 66.4 Å². The summed E-state index contributed by atoms with van der Waals surface area (Å²) in [6, 6.07) is 16.7. The van der Waals surface area contributed by atoms with Gasteiger partial charge in [-0.25, -0.2) is 4.98 Å². The molecule has 114 valence electrons. The van der Waals surface area contributed by atoms with E-state index in [2.05, 4.69) is 15.6 Å². The SMILES string of the molecule is Cc1ccnc(NC(=O)C(=O)Nc2cccc3ccccc23)c1. The van der Waals surface area contributed by atoms with Crippen molar-refractivity contribution in [1.29, 1.82) is 0 Å². The van der Waals surface area contributed by atoms with Crippen LogP contribution in [0.2, 0.25) is 0 Å². The Balaban J connectivity index is 1.77. The first-order valence-corrected chi connectivity index (χ1v) is 7.16. The van der Waals surface area contributed by atoms with Crippen LogP contribution in [-0.2, 0) is 9.59 Å². The molecule has 0 radical (unpaired) electrons. The number of hydrogen-bond acceptors (Lipinski definition) is 3. The van der Waals surface area contributed by atoms with Crippen molar-refractivity contribution < 1.29 is 9.59 Å². The van der Waals surface area contributed by atoms with E-state index in [0.29, 0.717) is 11.5 Å². The molecule has 5 nitrogen and oxygen atoms in total. The van der Waals surface area contributed by atoms with E-state index in [9.17, 15) is 9.59 Å². The summed E-state index contributed by atoms with van der Waals surface area (Å²) in [5.74, 6) is -1.14. The largest absolute Gasteiger partial charge is 0.317 e. The molecule has 3 rings (SSSR count). The molecule has 0 aliphatic heterocycles. The minimum atomic E-state index is -0.754. The van der Waals surface area contributed by atoms with E-state index in [1.807, 2.05) is 49.4 Å². The predicted molar refractivity (Wildman–Crippen MR) is 90.2 cm³/mol. The zero-order chi connectivity index (χ0) is 16.2. The van der Waals surface area contributed by atoms with Gasteiger partial charge in [-0.1, -0.05) is 36.4 Å². The summed E-state index contributed by atoms with van der Waals surface area (Å²) in [6.45, 7) is 1.88. The topological polar surface area (TPSA) is 71.1 Å². The van der Waals surface area contributed by atoms with Gasteiger partial charge < -0.3 is 10.6 Å². The Hall–Kier alpha value is -3.21. The molecule has 2 N–H and O–H groups in total. The smallest absolute Gasteiger partial charge is 0.315 e. The number of aryl methyl sites for hydroxylation is 1. The molecule has 3 aromatic rings. The number of rotatable bonds is 2. The number of nitrogens with one attached hydrogen (secondary N) is 2. The van der Waals surface area contributed by atoms with Gasteiger partial charge >= 0.3 is 11.8 Å². The summed E-state index contributed by atoms with van der Waals surface area (Å²) in [4.78, 5) is 28.1. The van der Waals surface area contributed by atoms with E-state index in [4.69, 9.17) is 0 Å². The highest BCUT2D eigenvalue weighted by atomic mass is 16.2. The highest BCUT2D eigenvalue weighted by Crippen LogP contribution is 2.22. The molecule has 0 unspecified atom stereocenters. The van der Waals surface area contributed by atoms with Crippen molar-refractivity contribution >= 4 is 34.1 Å². The molecule has 0 aliphatic rings. The van der Waals surface area contributed by atoms with Gasteiger partial charge in [-0.3, -0.25) is 9.59 Å². The van der Waals surface area contributed by atoms with Crippen LogP contribution in [0.1, 0.15) is 5.56 Å². The number of amides is 2. The maximum atomic E-state index is 12.1. The zero-order valence-corrected chi connectivity index (χ0v) is 12.5. The average molecular weight is 305 g/mol. The number of anilines is 2. The molecule has 1 aromatic heterocycles. The summed E-state index contributed by atoms with van der Waals surface area (Å²) in [7, 11) is 0. The number of pyridine rings is 1. The molecule has 5 heteroatoms. The number of carbonyl (C=O) groups excluding carboxylic acids is 2. The lowest BCUT2D eigenvalue weighted by molar-refractivity contribution is -0.133. The Morgan fingerprint density at radius 2 is 1.65 bits per heavy atom. The third-order valence-corrected chi connectivity index (χ3v) is 3.40. The Bertz CT molecular complexity index is 885. The Labute approximate surface area is 133 Å². The van der Waals surface area contributed by atoms with Gasteiger partial charge in [0.25, 0.3) is 0 Å². The van der Waals surface area contributed by atoms with Crippen molar-refractivity contribution in [3.63, 3.8) is 0 Å². The van der Waals surface area contributed by atoms with Gasteiger partial charge in [0.1, 0.15) is 5.82 Å². The Morgan fingerprint density at radius 3 is 2.48 bits per heavy atom. The fourth-order valence-electron chi connectivity index (χ4n) is 2.29. The first-order valence-electron chi connectivity index (χ1n) is 7.16. The van der Waals surface area contributed by atoms with Crippen LogP contribution in [0.3, 0.4) is 0 Å². The molecular weight excluding hydrogens is 290 g/mol. The molecule has 0 fully saturated rings. The lowest BCUT2D eigenvalue weighted by atomic mass is 10.1. The third-order valence-electron chi connectivity index (χ3n) is 3.40. The highest BCUT2D eigenvalue weighted by Gasteiger charge is 2.15. The van der Waals surface area contributed by atoms with Gasteiger partial charge in [-0.15, -0.1) is 0 Å². The van der Waals surface area contributed by atoms with E-state index in [1.165, 1.54) is 0 Å².